The van der Waals surface area contributed by atoms with Gasteiger partial charge in [0.05, 0.1) is 16.2 Å². The third-order valence-electron chi connectivity index (χ3n) is 3.42. The summed E-state index contributed by atoms with van der Waals surface area (Å²) in [6, 6.07) is 4.99. The topological polar surface area (TPSA) is 55.2 Å². The van der Waals surface area contributed by atoms with Crippen LogP contribution in [-0.2, 0) is 4.79 Å². The summed E-state index contributed by atoms with van der Waals surface area (Å²) in [5.41, 5.74) is 0.431. The number of carbonyl (C=O) groups is 1. The molecule has 0 saturated heterocycles. The van der Waals surface area contributed by atoms with E-state index >= 15 is 0 Å². The van der Waals surface area contributed by atoms with Crippen molar-refractivity contribution in [1.29, 1.82) is 0 Å². The van der Waals surface area contributed by atoms with Crippen molar-refractivity contribution in [2.45, 2.75) is 37.2 Å². The van der Waals surface area contributed by atoms with Crippen LogP contribution in [0.2, 0.25) is 5.02 Å². The highest BCUT2D eigenvalue weighted by atomic mass is 35.5. The van der Waals surface area contributed by atoms with E-state index in [1.165, 1.54) is 16.7 Å². The Balaban J connectivity index is 2.59. The zero-order valence-electron chi connectivity index (χ0n) is 13.8. The molecule has 1 aromatic carbocycles. The van der Waals surface area contributed by atoms with E-state index in [9.17, 15) is 9.59 Å². The number of hydrogen-bond acceptors (Lipinski definition) is 4. The summed E-state index contributed by atoms with van der Waals surface area (Å²) in [5, 5.41) is 1.25. The Bertz CT molecular complexity index is 802. The number of hydrogen-bond donors (Lipinski definition) is 0. The highest BCUT2D eigenvalue weighted by Gasteiger charge is 2.21. The third-order valence-corrected chi connectivity index (χ3v) is 4.71. The second-order valence-electron chi connectivity index (χ2n) is 5.82. The Hall–Kier alpha value is -1.53. The molecule has 0 unspecified atom stereocenters. The zero-order chi connectivity index (χ0) is 17.3. The summed E-state index contributed by atoms with van der Waals surface area (Å²) < 4.78 is 1.63. The predicted octanol–water partition coefficient (Wildman–Crippen LogP) is 3.20. The molecule has 1 aromatic heterocycles. The number of carbonyl (C=O) groups excluding carboxylic acids is 1. The molecule has 1 atom stereocenters. The molecule has 1 heterocycles. The smallest absolute Gasteiger partial charge is 0.262 e. The first-order chi connectivity index (χ1) is 10.7. The van der Waals surface area contributed by atoms with E-state index in [-0.39, 0.29) is 22.8 Å². The largest absolute Gasteiger partial charge is 0.348 e. The van der Waals surface area contributed by atoms with Crippen molar-refractivity contribution in [3.8, 4) is 0 Å². The minimum Gasteiger partial charge on any atom is -0.348 e. The predicted molar refractivity (Wildman–Crippen MR) is 95.4 cm³/mol. The molecular formula is C16H20ClN3O2S. The van der Waals surface area contributed by atoms with Crippen LogP contribution in [0, 0.1) is 0 Å². The van der Waals surface area contributed by atoms with Gasteiger partial charge in [0, 0.05) is 25.2 Å². The summed E-state index contributed by atoms with van der Waals surface area (Å²) in [6.07, 6.45) is 0. The van der Waals surface area contributed by atoms with E-state index in [4.69, 9.17) is 11.6 Å². The van der Waals surface area contributed by atoms with Crippen LogP contribution in [0.15, 0.2) is 28.2 Å². The minimum absolute atomic E-state index is 0.0225. The van der Waals surface area contributed by atoms with Crippen molar-refractivity contribution in [3.05, 3.63) is 33.6 Å². The number of fused-ring (bicyclic) bond motifs is 1. The molecule has 7 heteroatoms. The van der Waals surface area contributed by atoms with Gasteiger partial charge in [-0.25, -0.2) is 4.98 Å². The number of nitrogens with zero attached hydrogens (tertiary/aromatic N) is 3. The summed E-state index contributed by atoms with van der Waals surface area (Å²) >= 11 is 7.29. The standard InChI is InChI=1S/C16H20ClN3O2S/c1-9(2)20-15(22)12-7-6-11(17)8-13(12)18-16(20)23-10(3)14(21)19(4)5/h6-10H,1-5H3/t10-/m0/s1. The molecule has 5 nitrogen and oxygen atoms in total. The molecule has 23 heavy (non-hydrogen) atoms. The lowest BCUT2D eigenvalue weighted by atomic mass is 10.2. The number of amides is 1. The van der Waals surface area contributed by atoms with Gasteiger partial charge in [0.25, 0.3) is 5.56 Å². The SMILES string of the molecule is CC(C)n1c(S[C@@H](C)C(=O)N(C)C)nc2cc(Cl)ccc2c1=O. The lowest BCUT2D eigenvalue weighted by Crippen LogP contribution is -2.31. The lowest BCUT2D eigenvalue weighted by Gasteiger charge is -2.20. The number of benzene rings is 1. The van der Waals surface area contributed by atoms with Gasteiger partial charge in [0.2, 0.25) is 5.91 Å². The summed E-state index contributed by atoms with van der Waals surface area (Å²) in [7, 11) is 3.42. The molecule has 0 saturated carbocycles. The van der Waals surface area contributed by atoms with Gasteiger partial charge < -0.3 is 4.90 Å². The van der Waals surface area contributed by atoms with Crippen LogP contribution in [0.1, 0.15) is 26.8 Å². The Morgan fingerprint density at radius 3 is 2.52 bits per heavy atom. The Morgan fingerprint density at radius 1 is 1.30 bits per heavy atom. The average molecular weight is 354 g/mol. The van der Waals surface area contributed by atoms with E-state index in [0.717, 1.165) is 0 Å². The molecule has 2 rings (SSSR count). The maximum atomic E-state index is 12.8. The van der Waals surface area contributed by atoms with Crippen molar-refractivity contribution < 1.29 is 4.79 Å². The first-order valence-corrected chi connectivity index (χ1v) is 8.57. The molecule has 0 aliphatic carbocycles. The first kappa shape index (κ1) is 17.8. The van der Waals surface area contributed by atoms with Gasteiger partial charge in [-0.1, -0.05) is 23.4 Å². The van der Waals surface area contributed by atoms with Crippen molar-refractivity contribution in [1.82, 2.24) is 14.5 Å². The fourth-order valence-corrected chi connectivity index (χ4v) is 3.61. The molecule has 0 N–H and O–H groups in total. The van der Waals surface area contributed by atoms with Crippen LogP contribution in [0.25, 0.3) is 10.9 Å². The molecule has 0 aliphatic heterocycles. The van der Waals surface area contributed by atoms with E-state index in [2.05, 4.69) is 4.98 Å². The van der Waals surface area contributed by atoms with Crippen molar-refractivity contribution >= 4 is 40.2 Å². The van der Waals surface area contributed by atoms with Gasteiger partial charge in [-0.3, -0.25) is 14.2 Å². The van der Waals surface area contributed by atoms with E-state index < -0.39 is 0 Å². The van der Waals surface area contributed by atoms with Crippen LogP contribution < -0.4 is 5.56 Å². The van der Waals surface area contributed by atoms with Crippen molar-refractivity contribution in [2.24, 2.45) is 0 Å². The van der Waals surface area contributed by atoms with Crippen LogP contribution >= 0.6 is 23.4 Å². The number of aromatic nitrogens is 2. The van der Waals surface area contributed by atoms with E-state index in [1.807, 2.05) is 20.8 Å². The maximum Gasteiger partial charge on any atom is 0.262 e. The van der Waals surface area contributed by atoms with Crippen molar-refractivity contribution in [3.63, 3.8) is 0 Å². The molecule has 0 fully saturated rings. The number of halogens is 1. The highest BCUT2D eigenvalue weighted by molar-refractivity contribution is 8.00. The van der Waals surface area contributed by atoms with Gasteiger partial charge in [0.1, 0.15) is 0 Å². The minimum atomic E-state index is -0.335. The normalized spacial score (nSPS) is 12.7. The third kappa shape index (κ3) is 3.70. The molecule has 0 radical (unpaired) electrons. The Kier molecular flexibility index (Phi) is 5.37. The Labute approximate surface area is 144 Å². The molecule has 1 amide bonds. The molecular weight excluding hydrogens is 334 g/mol. The molecule has 124 valence electrons. The summed E-state index contributed by atoms with van der Waals surface area (Å²) in [6.45, 7) is 5.66. The first-order valence-electron chi connectivity index (χ1n) is 7.32. The Morgan fingerprint density at radius 2 is 1.96 bits per heavy atom. The number of rotatable bonds is 4. The molecule has 2 aromatic rings. The lowest BCUT2D eigenvalue weighted by molar-refractivity contribution is -0.127. The van der Waals surface area contributed by atoms with Crippen LogP contribution in [0.5, 0.6) is 0 Å². The van der Waals surface area contributed by atoms with Gasteiger partial charge in [-0.15, -0.1) is 0 Å². The summed E-state index contributed by atoms with van der Waals surface area (Å²) in [5.74, 6) is -0.0225. The molecule has 0 bridgehead atoms. The fraction of sp³-hybridized carbons (Fsp3) is 0.438. The van der Waals surface area contributed by atoms with Gasteiger partial charge in [-0.2, -0.15) is 0 Å². The average Bonchev–Trinajstić information content (AvgIpc) is 2.45. The molecule has 0 spiro atoms. The molecule has 0 aliphatic rings. The highest BCUT2D eigenvalue weighted by Crippen LogP contribution is 2.26. The number of thioether (sulfide) groups is 1. The summed E-state index contributed by atoms with van der Waals surface area (Å²) in [4.78, 5) is 31.0. The second-order valence-corrected chi connectivity index (χ2v) is 7.56. The van der Waals surface area contributed by atoms with Gasteiger partial charge >= 0.3 is 0 Å². The maximum absolute atomic E-state index is 12.8. The van der Waals surface area contributed by atoms with Crippen LogP contribution in [0.3, 0.4) is 0 Å². The van der Waals surface area contributed by atoms with Crippen molar-refractivity contribution in [2.75, 3.05) is 14.1 Å². The fourth-order valence-electron chi connectivity index (χ4n) is 2.26. The van der Waals surface area contributed by atoms with Gasteiger partial charge in [0.15, 0.2) is 5.16 Å². The zero-order valence-corrected chi connectivity index (χ0v) is 15.4. The van der Waals surface area contributed by atoms with Crippen LogP contribution in [0.4, 0.5) is 0 Å². The van der Waals surface area contributed by atoms with E-state index in [1.54, 1.807) is 36.9 Å². The second kappa shape index (κ2) is 6.93. The quantitative estimate of drug-likeness (QED) is 0.625. The van der Waals surface area contributed by atoms with Crippen LogP contribution in [-0.4, -0.2) is 39.7 Å². The van der Waals surface area contributed by atoms with Gasteiger partial charge in [-0.05, 0) is 39.0 Å². The monoisotopic (exact) mass is 353 g/mol. The van der Waals surface area contributed by atoms with E-state index in [0.29, 0.717) is 21.1 Å².